The molecule has 0 aliphatic carbocycles. The van der Waals surface area contributed by atoms with Gasteiger partial charge in [0.15, 0.2) is 5.78 Å². The molecule has 0 aliphatic heterocycles. The minimum atomic E-state index is 0.0235. The second kappa shape index (κ2) is 4.69. The maximum atomic E-state index is 11.4. The quantitative estimate of drug-likeness (QED) is 0.664. The van der Waals surface area contributed by atoms with Crippen LogP contribution in [0, 0.1) is 0 Å². The summed E-state index contributed by atoms with van der Waals surface area (Å²) >= 11 is 0. The van der Waals surface area contributed by atoms with Gasteiger partial charge in [0.25, 0.3) is 0 Å². The van der Waals surface area contributed by atoms with Crippen molar-refractivity contribution in [2.75, 3.05) is 0 Å². The Morgan fingerprint density at radius 1 is 1.64 bits per heavy atom. The zero-order valence-electron chi connectivity index (χ0n) is 8.66. The third-order valence-electron chi connectivity index (χ3n) is 1.93. The van der Waals surface area contributed by atoms with Crippen LogP contribution < -0.4 is 0 Å². The van der Waals surface area contributed by atoms with Crippen LogP contribution in [0.5, 0.6) is 0 Å². The van der Waals surface area contributed by atoms with Gasteiger partial charge < -0.3 is 0 Å². The van der Waals surface area contributed by atoms with Gasteiger partial charge >= 0.3 is 0 Å². The first-order valence-electron chi connectivity index (χ1n) is 4.70. The molecule has 0 saturated heterocycles. The van der Waals surface area contributed by atoms with E-state index in [-0.39, 0.29) is 5.78 Å². The van der Waals surface area contributed by atoms with Gasteiger partial charge in [0.2, 0.25) is 0 Å². The van der Waals surface area contributed by atoms with Crippen molar-refractivity contribution in [1.82, 2.24) is 14.8 Å². The summed E-state index contributed by atoms with van der Waals surface area (Å²) in [6.45, 7) is 8.18. The topological polar surface area (TPSA) is 47.8 Å². The molecule has 76 valence electrons. The molecule has 4 heteroatoms. The van der Waals surface area contributed by atoms with Crippen molar-refractivity contribution in [2.24, 2.45) is 0 Å². The number of hydrogen-bond acceptors (Lipinski definition) is 3. The van der Waals surface area contributed by atoms with E-state index >= 15 is 0 Å². The number of carbonyl (C=O) groups is 1. The second-order valence-electron chi connectivity index (χ2n) is 3.28. The summed E-state index contributed by atoms with van der Waals surface area (Å²) < 4.78 is 1.76. The lowest BCUT2D eigenvalue weighted by Crippen LogP contribution is -2.11. The summed E-state index contributed by atoms with van der Waals surface area (Å²) in [7, 11) is 0. The molecular formula is C10H15N3O. The fourth-order valence-corrected chi connectivity index (χ4v) is 1.12. The van der Waals surface area contributed by atoms with E-state index in [1.165, 1.54) is 6.33 Å². The molecular weight excluding hydrogens is 178 g/mol. The molecule has 4 nitrogen and oxygen atoms in total. The Bertz CT molecular complexity index is 341. The molecule has 0 N–H and O–H groups in total. The molecule has 0 unspecified atom stereocenters. The summed E-state index contributed by atoms with van der Waals surface area (Å²) in [5.41, 5.74) is 0.566. The molecule has 0 atom stereocenters. The molecule has 1 aromatic heterocycles. The summed E-state index contributed by atoms with van der Waals surface area (Å²) in [6.07, 6.45) is 2.77. The first kappa shape index (κ1) is 10.6. The highest BCUT2D eigenvalue weighted by Crippen LogP contribution is 2.01. The van der Waals surface area contributed by atoms with Gasteiger partial charge in [0.05, 0.1) is 6.42 Å². The van der Waals surface area contributed by atoms with Crippen LogP contribution in [0.25, 0.3) is 0 Å². The second-order valence-corrected chi connectivity index (χ2v) is 3.28. The van der Waals surface area contributed by atoms with Gasteiger partial charge in [-0.2, -0.15) is 5.10 Å². The van der Waals surface area contributed by atoms with E-state index in [4.69, 9.17) is 0 Å². The number of rotatable bonds is 5. The van der Waals surface area contributed by atoms with Crippen molar-refractivity contribution >= 4 is 5.78 Å². The third-order valence-corrected chi connectivity index (χ3v) is 1.93. The first-order valence-corrected chi connectivity index (χ1v) is 4.70. The summed E-state index contributed by atoms with van der Waals surface area (Å²) in [5.74, 6) is 0.746. The number of aryl methyl sites for hydroxylation is 1. The van der Waals surface area contributed by atoms with Crippen molar-refractivity contribution in [2.45, 2.75) is 33.2 Å². The normalized spacial score (nSPS) is 10.1. The Balaban J connectivity index is 2.71. The Hall–Kier alpha value is -1.45. The molecule has 1 rings (SSSR count). The number of nitrogens with zero attached hydrogens (tertiary/aromatic N) is 3. The highest BCUT2D eigenvalue weighted by Gasteiger charge is 2.09. The number of hydrogen-bond donors (Lipinski definition) is 0. The lowest BCUT2D eigenvalue weighted by molar-refractivity contribution is -0.115. The van der Waals surface area contributed by atoms with Gasteiger partial charge in [-0.15, -0.1) is 0 Å². The molecule has 1 heterocycles. The zero-order chi connectivity index (χ0) is 10.6. The van der Waals surface area contributed by atoms with Crippen molar-refractivity contribution in [3.05, 3.63) is 24.3 Å². The van der Waals surface area contributed by atoms with Crippen LogP contribution in [-0.2, 0) is 17.8 Å². The molecule has 0 spiro atoms. The highest BCUT2D eigenvalue weighted by atomic mass is 16.1. The van der Waals surface area contributed by atoms with E-state index in [0.717, 1.165) is 18.8 Å². The zero-order valence-corrected chi connectivity index (χ0v) is 8.66. The van der Waals surface area contributed by atoms with Crippen LogP contribution in [0.15, 0.2) is 18.5 Å². The van der Waals surface area contributed by atoms with Crippen LogP contribution in [0.4, 0.5) is 0 Å². The van der Waals surface area contributed by atoms with E-state index < -0.39 is 0 Å². The Labute approximate surface area is 83.6 Å². The van der Waals surface area contributed by atoms with Crippen LogP contribution in [0.2, 0.25) is 0 Å². The monoisotopic (exact) mass is 193 g/mol. The molecule has 14 heavy (non-hydrogen) atoms. The van der Waals surface area contributed by atoms with Crippen LogP contribution in [-0.4, -0.2) is 20.5 Å². The number of allylic oxidation sites excluding steroid dienone is 1. The van der Waals surface area contributed by atoms with Crippen LogP contribution in [0.1, 0.15) is 26.1 Å². The number of aromatic nitrogens is 3. The highest BCUT2D eigenvalue weighted by molar-refractivity contribution is 5.95. The van der Waals surface area contributed by atoms with Crippen molar-refractivity contribution in [1.29, 1.82) is 0 Å². The van der Waals surface area contributed by atoms with E-state index in [1.807, 2.05) is 0 Å². The summed E-state index contributed by atoms with van der Waals surface area (Å²) in [5, 5.41) is 4.04. The molecule has 0 saturated carbocycles. The number of ketones is 1. The smallest absolute Gasteiger partial charge is 0.165 e. The molecule has 0 aliphatic rings. The van der Waals surface area contributed by atoms with Crippen molar-refractivity contribution in [3.63, 3.8) is 0 Å². The fourth-order valence-electron chi connectivity index (χ4n) is 1.12. The largest absolute Gasteiger partial charge is 0.294 e. The first-order chi connectivity index (χ1) is 6.65. The maximum absolute atomic E-state index is 11.4. The minimum Gasteiger partial charge on any atom is -0.294 e. The number of carbonyl (C=O) groups excluding carboxylic acids is 1. The van der Waals surface area contributed by atoms with Gasteiger partial charge in [-0.25, -0.2) is 9.67 Å². The Morgan fingerprint density at radius 2 is 2.36 bits per heavy atom. The van der Waals surface area contributed by atoms with E-state index in [9.17, 15) is 4.79 Å². The van der Waals surface area contributed by atoms with Gasteiger partial charge in [-0.1, -0.05) is 13.5 Å². The van der Waals surface area contributed by atoms with E-state index in [1.54, 1.807) is 11.6 Å². The average molecular weight is 193 g/mol. The molecule has 0 amide bonds. The molecule has 0 fully saturated rings. The summed E-state index contributed by atoms with van der Waals surface area (Å²) in [6, 6.07) is 0. The molecule has 0 aromatic carbocycles. The van der Waals surface area contributed by atoms with E-state index in [0.29, 0.717) is 12.0 Å². The molecule has 0 bridgehead atoms. The molecule has 0 radical (unpaired) electrons. The van der Waals surface area contributed by atoms with Gasteiger partial charge in [0, 0.05) is 6.54 Å². The third kappa shape index (κ3) is 2.52. The predicted octanol–water partition coefficient (Wildman–Crippen LogP) is 1.38. The lowest BCUT2D eigenvalue weighted by Gasteiger charge is -2.03. The SMILES string of the molecule is C=C(C)C(=O)Cc1ncnn1CCC. The van der Waals surface area contributed by atoms with Crippen molar-refractivity contribution < 1.29 is 4.79 Å². The molecule has 1 aromatic rings. The average Bonchev–Trinajstić information content (AvgIpc) is 2.53. The van der Waals surface area contributed by atoms with Gasteiger partial charge in [0.1, 0.15) is 12.2 Å². The minimum absolute atomic E-state index is 0.0235. The fraction of sp³-hybridized carbons (Fsp3) is 0.500. The van der Waals surface area contributed by atoms with Gasteiger partial charge in [-0.05, 0) is 18.9 Å². The predicted molar refractivity (Wildman–Crippen MR) is 53.8 cm³/mol. The number of Topliss-reactive ketones (excluding diaryl/α,β-unsaturated/α-hetero) is 1. The summed E-state index contributed by atoms with van der Waals surface area (Å²) in [4.78, 5) is 15.4. The Kier molecular flexibility index (Phi) is 3.56. The Morgan fingerprint density at radius 3 is 2.93 bits per heavy atom. The standard InChI is InChI=1S/C10H15N3O/c1-4-5-13-10(11-7-12-13)6-9(14)8(2)3/h7H,2,4-6H2,1,3H3. The van der Waals surface area contributed by atoms with Crippen LogP contribution >= 0.6 is 0 Å². The maximum Gasteiger partial charge on any atom is 0.165 e. The van der Waals surface area contributed by atoms with E-state index in [2.05, 4.69) is 23.6 Å². The van der Waals surface area contributed by atoms with Crippen LogP contribution in [0.3, 0.4) is 0 Å². The van der Waals surface area contributed by atoms with Gasteiger partial charge in [-0.3, -0.25) is 4.79 Å². The van der Waals surface area contributed by atoms with Crippen molar-refractivity contribution in [3.8, 4) is 0 Å². The lowest BCUT2D eigenvalue weighted by atomic mass is 10.1.